The Balaban J connectivity index is 2.28. The van der Waals surface area contributed by atoms with Crippen molar-refractivity contribution in [2.24, 2.45) is 5.16 Å². The number of carbonyl (C=O) groups excluding carboxylic acids is 1. The molecule has 1 aromatic carbocycles. The molecule has 0 radical (unpaired) electrons. The van der Waals surface area contributed by atoms with Crippen LogP contribution in [0.25, 0.3) is 0 Å². The molecular weight excluding hydrogens is 368 g/mol. The maximum Gasteiger partial charge on any atom is 0.412 e. The summed E-state index contributed by atoms with van der Waals surface area (Å²) in [6.45, 7) is 3.65. The minimum atomic E-state index is -0.772. The molecule has 2 aromatic rings. The van der Waals surface area contributed by atoms with Crippen LogP contribution in [-0.2, 0) is 4.74 Å². The number of nitrogen functional groups attached to an aromatic ring is 1. The lowest BCUT2D eigenvalue weighted by atomic mass is 10.1. The Labute approximate surface area is 160 Å². The van der Waals surface area contributed by atoms with Gasteiger partial charge in [-0.3, -0.25) is 15.4 Å². The predicted molar refractivity (Wildman–Crippen MR) is 104 cm³/mol. The van der Waals surface area contributed by atoms with Crippen LogP contribution in [0.3, 0.4) is 0 Å². The topological polar surface area (TPSA) is 165 Å². The lowest BCUT2D eigenvalue weighted by molar-refractivity contribution is -0.383. The van der Waals surface area contributed by atoms with Crippen molar-refractivity contribution in [1.29, 1.82) is 0 Å². The first-order valence-electron chi connectivity index (χ1n) is 8.26. The molecule has 1 amide bonds. The Morgan fingerprint density at radius 3 is 2.64 bits per heavy atom. The van der Waals surface area contributed by atoms with Crippen molar-refractivity contribution in [2.45, 2.75) is 13.8 Å². The Bertz CT molecular complexity index is 898. The molecule has 0 saturated carbocycles. The maximum absolute atomic E-state index is 11.6. The van der Waals surface area contributed by atoms with E-state index in [1.807, 2.05) is 19.1 Å². The van der Waals surface area contributed by atoms with E-state index in [1.165, 1.54) is 6.07 Å². The minimum Gasteiger partial charge on any atom is -0.450 e. The van der Waals surface area contributed by atoms with E-state index in [2.05, 4.69) is 20.8 Å². The molecule has 28 heavy (non-hydrogen) atoms. The molecule has 1 heterocycles. The molecule has 11 nitrogen and oxygen atoms in total. The quantitative estimate of drug-likeness (QED) is 0.243. The van der Waals surface area contributed by atoms with Crippen LogP contribution in [0.2, 0.25) is 0 Å². The number of nitrogens with one attached hydrogen (secondary N) is 2. The third kappa shape index (κ3) is 5.06. The van der Waals surface area contributed by atoms with Crippen LogP contribution in [0.4, 0.5) is 27.8 Å². The number of benzene rings is 1. The fourth-order valence-electron chi connectivity index (χ4n) is 2.34. The van der Waals surface area contributed by atoms with Gasteiger partial charge >= 0.3 is 11.8 Å². The van der Waals surface area contributed by atoms with Gasteiger partial charge in [-0.15, -0.1) is 0 Å². The number of nitrogens with zero attached hydrogens (tertiary/aromatic N) is 3. The van der Waals surface area contributed by atoms with Gasteiger partial charge in [0.2, 0.25) is 5.82 Å². The number of oxime groups is 1. The minimum absolute atomic E-state index is 0.00226. The van der Waals surface area contributed by atoms with Crippen LogP contribution in [0.5, 0.6) is 0 Å². The van der Waals surface area contributed by atoms with E-state index in [4.69, 9.17) is 10.5 Å². The summed E-state index contributed by atoms with van der Waals surface area (Å²) >= 11 is 0. The molecule has 5 N–H and O–H groups in total. The zero-order valence-electron chi connectivity index (χ0n) is 15.3. The molecule has 0 aliphatic rings. The van der Waals surface area contributed by atoms with E-state index in [-0.39, 0.29) is 36.2 Å². The van der Waals surface area contributed by atoms with Gasteiger partial charge in [0.15, 0.2) is 0 Å². The molecule has 0 bridgehead atoms. The normalized spacial score (nSPS) is 11.0. The number of nitrogens with two attached hydrogens (primary N) is 1. The SMILES string of the molecule is CCOC(=O)Nc1cc(NC/C(=N/O)c2ccc(C)cc2)c([N+](=O)[O-])c(N)n1. The second-order valence-corrected chi connectivity index (χ2v) is 5.66. The molecule has 1 aromatic heterocycles. The van der Waals surface area contributed by atoms with Gasteiger partial charge in [0.25, 0.3) is 0 Å². The molecule has 0 spiro atoms. The van der Waals surface area contributed by atoms with E-state index in [9.17, 15) is 20.1 Å². The summed E-state index contributed by atoms with van der Waals surface area (Å²) in [5.74, 6) is -0.415. The summed E-state index contributed by atoms with van der Waals surface area (Å²) in [6, 6.07) is 8.45. The maximum atomic E-state index is 11.6. The molecular formula is C17H20N6O5. The largest absolute Gasteiger partial charge is 0.450 e. The lowest BCUT2D eigenvalue weighted by Crippen LogP contribution is -2.18. The van der Waals surface area contributed by atoms with Crippen molar-refractivity contribution in [1.82, 2.24) is 4.98 Å². The first kappa shape index (κ1) is 20.4. The number of aromatic nitrogens is 1. The monoisotopic (exact) mass is 388 g/mol. The van der Waals surface area contributed by atoms with Crippen LogP contribution >= 0.6 is 0 Å². The molecule has 0 aliphatic carbocycles. The van der Waals surface area contributed by atoms with Gasteiger partial charge in [-0.25, -0.2) is 9.78 Å². The number of hydrogen-bond donors (Lipinski definition) is 4. The third-order valence-electron chi connectivity index (χ3n) is 3.66. The van der Waals surface area contributed by atoms with Gasteiger partial charge in [-0.2, -0.15) is 0 Å². The average Bonchev–Trinajstić information content (AvgIpc) is 2.63. The van der Waals surface area contributed by atoms with Crippen molar-refractivity contribution < 1.29 is 19.7 Å². The lowest BCUT2D eigenvalue weighted by Gasteiger charge is -2.12. The molecule has 0 aliphatic heterocycles. The number of rotatable bonds is 7. The van der Waals surface area contributed by atoms with Crippen LogP contribution in [0.1, 0.15) is 18.1 Å². The summed E-state index contributed by atoms with van der Waals surface area (Å²) in [5, 5.41) is 29.0. The summed E-state index contributed by atoms with van der Waals surface area (Å²) in [4.78, 5) is 26.0. The summed E-state index contributed by atoms with van der Waals surface area (Å²) in [5.41, 5.74) is 7.13. The number of ether oxygens (including phenoxy) is 1. The average molecular weight is 388 g/mol. The first-order valence-corrected chi connectivity index (χ1v) is 8.26. The highest BCUT2D eigenvalue weighted by atomic mass is 16.6. The van der Waals surface area contributed by atoms with E-state index in [1.54, 1.807) is 19.1 Å². The van der Waals surface area contributed by atoms with Crippen molar-refractivity contribution in [3.8, 4) is 0 Å². The van der Waals surface area contributed by atoms with Crippen molar-refractivity contribution >= 4 is 34.8 Å². The van der Waals surface area contributed by atoms with Gasteiger partial charge in [0.05, 0.1) is 18.1 Å². The highest BCUT2D eigenvalue weighted by Crippen LogP contribution is 2.32. The third-order valence-corrected chi connectivity index (χ3v) is 3.66. The van der Waals surface area contributed by atoms with Gasteiger partial charge in [-0.1, -0.05) is 35.0 Å². The van der Waals surface area contributed by atoms with Crippen LogP contribution in [-0.4, -0.2) is 40.1 Å². The number of nitro groups is 1. The standard InChI is InChI=1S/C17H20N6O5/c1-3-28-17(24)21-14-8-12(15(23(26)27)16(18)20-14)19-9-13(22-25)11-6-4-10(2)5-7-11/h4-8,25H,3,9H2,1-2H3,(H4,18,19,20,21,24)/b22-13-. The van der Waals surface area contributed by atoms with Crippen LogP contribution < -0.4 is 16.4 Å². The fraction of sp³-hybridized carbons (Fsp3) is 0.235. The number of aryl methyl sites for hydroxylation is 1. The Hall–Kier alpha value is -3.89. The van der Waals surface area contributed by atoms with Gasteiger partial charge < -0.3 is 21.0 Å². The second kappa shape index (κ2) is 9.16. The molecule has 0 fully saturated rings. The van der Waals surface area contributed by atoms with Gasteiger partial charge in [0.1, 0.15) is 17.2 Å². The van der Waals surface area contributed by atoms with Crippen LogP contribution in [0, 0.1) is 17.0 Å². The highest BCUT2D eigenvalue weighted by Gasteiger charge is 2.22. The molecule has 2 rings (SSSR count). The highest BCUT2D eigenvalue weighted by molar-refractivity contribution is 6.03. The van der Waals surface area contributed by atoms with Gasteiger partial charge in [0, 0.05) is 11.6 Å². The summed E-state index contributed by atoms with van der Waals surface area (Å²) in [6.07, 6.45) is -0.772. The van der Waals surface area contributed by atoms with Crippen molar-refractivity contribution in [2.75, 3.05) is 29.5 Å². The smallest absolute Gasteiger partial charge is 0.412 e. The Kier molecular flexibility index (Phi) is 6.68. The van der Waals surface area contributed by atoms with E-state index < -0.39 is 16.7 Å². The second-order valence-electron chi connectivity index (χ2n) is 5.66. The first-order chi connectivity index (χ1) is 13.3. The summed E-state index contributed by atoms with van der Waals surface area (Å²) in [7, 11) is 0. The number of amides is 1. The number of pyridine rings is 1. The number of carbonyl (C=O) groups is 1. The zero-order valence-corrected chi connectivity index (χ0v) is 15.3. The van der Waals surface area contributed by atoms with Crippen LogP contribution in [0.15, 0.2) is 35.5 Å². The molecule has 148 valence electrons. The Morgan fingerprint density at radius 2 is 2.07 bits per heavy atom. The molecule has 11 heteroatoms. The fourth-order valence-corrected chi connectivity index (χ4v) is 2.34. The van der Waals surface area contributed by atoms with E-state index >= 15 is 0 Å². The van der Waals surface area contributed by atoms with Gasteiger partial charge in [-0.05, 0) is 13.8 Å². The van der Waals surface area contributed by atoms with Crippen molar-refractivity contribution in [3.05, 3.63) is 51.6 Å². The number of anilines is 3. The molecule has 0 atom stereocenters. The zero-order chi connectivity index (χ0) is 20.7. The number of hydrogen-bond acceptors (Lipinski definition) is 9. The molecule has 0 unspecified atom stereocenters. The Morgan fingerprint density at radius 1 is 1.39 bits per heavy atom. The summed E-state index contributed by atoms with van der Waals surface area (Å²) < 4.78 is 4.75. The van der Waals surface area contributed by atoms with E-state index in [0.29, 0.717) is 5.56 Å². The predicted octanol–water partition coefficient (Wildman–Crippen LogP) is 2.74. The molecule has 0 saturated heterocycles. The van der Waals surface area contributed by atoms with Crippen molar-refractivity contribution in [3.63, 3.8) is 0 Å². The van der Waals surface area contributed by atoms with E-state index in [0.717, 1.165) is 5.56 Å².